The number of carboxylic acids is 2. The number of hydrogen-bond donors (Lipinski definition) is 4. The molecule has 2 atom stereocenters. The van der Waals surface area contributed by atoms with Crippen LogP contribution in [0, 0.1) is 0 Å². The molecular weight excluding hydrogens is 857 g/mol. The van der Waals surface area contributed by atoms with Crippen molar-refractivity contribution in [1.29, 1.82) is 0 Å². The van der Waals surface area contributed by atoms with Gasteiger partial charge in [-0.3, -0.25) is 19.4 Å². The predicted molar refractivity (Wildman–Crippen MR) is 245 cm³/mol. The Hall–Kier alpha value is -6.92. The highest BCUT2D eigenvalue weighted by atomic mass is 16.5. The molecule has 6 rings (SSSR count). The van der Waals surface area contributed by atoms with Crippen LogP contribution in [0.2, 0.25) is 0 Å². The summed E-state index contributed by atoms with van der Waals surface area (Å²) in [6, 6.07) is 20.3. The van der Waals surface area contributed by atoms with Gasteiger partial charge in [0.2, 0.25) is 11.8 Å². The van der Waals surface area contributed by atoms with Gasteiger partial charge in [0, 0.05) is 51.1 Å². The summed E-state index contributed by atoms with van der Waals surface area (Å²) >= 11 is 0. The maximum absolute atomic E-state index is 11.4. The SMILES string of the molecule is COc1ccc(C[C@@H]2c3cc(OC)c(OC)cc3CCN2CCC(N)=O)cc1OC.COc1ccc(C[C@@H]2c3cc(OC)c(OC)cc3CCN2CCC(N)=O)cc1OC.O=C(O)C(=O)O. The van der Waals surface area contributed by atoms with E-state index in [1.54, 1.807) is 56.9 Å². The minimum Gasteiger partial charge on any atom is -0.493 e. The zero-order valence-electron chi connectivity index (χ0n) is 38.8. The van der Waals surface area contributed by atoms with Crippen molar-refractivity contribution in [3.63, 3.8) is 0 Å². The number of amides is 2. The average Bonchev–Trinajstić information content (AvgIpc) is 3.32. The molecule has 18 heteroatoms. The van der Waals surface area contributed by atoms with Crippen LogP contribution in [0.15, 0.2) is 60.7 Å². The summed E-state index contributed by atoms with van der Waals surface area (Å²) in [5.41, 5.74) is 17.9. The van der Waals surface area contributed by atoms with Gasteiger partial charge in [-0.15, -0.1) is 0 Å². The van der Waals surface area contributed by atoms with E-state index in [0.29, 0.717) is 60.4 Å². The second-order valence-electron chi connectivity index (χ2n) is 15.2. The molecule has 358 valence electrons. The van der Waals surface area contributed by atoms with Gasteiger partial charge in [-0.2, -0.15) is 0 Å². The third-order valence-corrected chi connectivity index (χ3v) is 11.5. The summed E-state index contributed by atoms with van der Waals surface area (Å²) in [5.74, 6) is 1.41. The van der Waals surface area contributed by atoms with E-state index in [-0.39, 0.29) is 23.9 Å². The fourth-order valence-corrected chi connectivity index (χ4v) is 8.14. The van der Waals surface area contributed by atoms with Crippen molar-refractivity contribution in [2.75, 3.05) is 83.1 Å². The van der Waals surface area contributed by atoms with Crippen LogP contribution in [-0.4, -0.2) is 127 Å². The number of nitrogens with two attached hydrogens (primary N) is 2. The van der Waals surface area contributed by atoms with Gasteiger partial charge in [0.15, 0.2) is 46.0 Å². The molecule has 0 saturated carbocycles. The number of carboxylic acid groups (broad SMARTS) is 2. The molecule has 6 N–H and O–H groups in total. The minimum absolute atomic E-state index is 0.0750. The Bertz CT molecular complexity index is 2150. The summed E-state index contributed by atoms with van der Waals surface area (Å²) in [6.45, 7) is 2.91. The number of nitrogens with zero attached hydrogens (tertiary/aromatic N) is 2. The molecular formula is C48H62N4O14. The number of aliphatic carboxylic acids is 2. The summed E-state index contributed by atoms with van der Waals surface area (Å²) in [6.07, 6.45) is 3.90. The van der Waals surface area contributed by atoms with E-state index in [1.807, 2.05) is 36.4 Å². The van der Waals surface area contributed by atoms with E-state index in [1.165, 1.54) is 22.3 Å². The second kappa shape index (κ2) is 25.0. The Morgan fingerprint density at radius 3 is 1.08 bits per heavy atom. The lowest BCUT2D eigenvalue weighted by Crippen LogP contribution is -2.38. The minimum atomic E-state index is -1.82. The zero-order valence-corrected chi connectivity index (χ0v) is 38.8. The summed E-state index contributed by atoms with van der Waals surface area (Å²) in [5, 5.41) is 14.8. The van der Waals surface area contributed by atoms with Crippen LogP contribution in [0.1, 0.15) is 58.3 Å². The lowest BCUT2D eigenvalue weighted by molar-refractivity contribution is -0.159. The van der Waals surface area contributed by atoms with Gasteiger partial charge in [-0.1, -0.05) is 12.1 Å². The van der Waals surface area contributed by atoms with Gasteiger partial charge >= 0.3 is 11.9 Å². The van der Waals surface area contributed by atoms with Gasteiger partial charge in [0.25, 0.3) is 0 Å². The first-order valence-electron chi connectivity index (χ1n) is 21.1. The topological polar surface area (TPSA) is 241 Å². The van der Waals surface area contributed by atoms with Gasteiger partial charge in [0.05, 0.1) is 56.9 Å². The largest absolute Gasteiger partial charge is 0.493 e. The number of primary amides is 2. The number of carbonyl (C=O) groups is 4. The van der Waals surface area contributed by atoms with Crippen molar-refractivity contribution in [3.05, 3.63) is 94.0 Å². The normalized spacial score (nSPS) is 15.2. The van der Waals surface area contributed by atoms with Crippen molar-refractivity contribution in [2.24, 2.45) is 11.5 Å². The molecule has 4 aromatic carbocycles. The molecule has 4 aromatic rings. The number of ether oxygens (including phenoxy) is 8. The maximum Gasteiger partial charge on any atom is 0.414 e. The Morgan fingerprint density at radius 1 is 0.485 bits per heavy atom. The van der Waals surface area contributed by atoms with E-state index < -0.39 is 11.9 Å². The monoisotopic (exact) mass is 918 g/mol. The summed E-state index contributed by atoms with van der Waals surface area (Å²) in [7, 11) is 13.1. The number of methoxy groups -OCH3 is 8. The van der Waals surface area contributed by atoms with E-state index in [4.69, 9.17) is 69.2 Å². The van der Waals surface area contributed by atoms with Crippen molar-refractivity contribution in [3.8, 4) is 46.0 Å². The van der Waals surface area contributed by atoms with Crippen molar-refractivity contribution < 1.29 is 67.3 Å². The first kappa shape index (κ1) is 51.7. The van der Waals surface area contributed by atoms with Crippen LogP contribution < -0.4 is 49.4 Å². The Kier molecular flexibility index (Phi) is 19.6. The standard InChI is InChI=1S/2C23H30N2O5.C2H2O4/c2*1-27-19-6-5-15(12-20(19)28-2)11-18-17-14-22(30-4)21(29-3)13-16(17)7-9-25(18)10-8-23(24)26;3-1(4)2(5)6/h2*5-6,12-14,18H,7-11H2,1-4H3,(H2,24,26);(H,3,4)(H,5,6)/t2*18-;/m11./s1. The summed E-state index contributed by atoms with van der Waals surface area (Å²) < 4.78 is 43.7. The van der Waals surface area contributed by atoms with Gasteiger partial charge in [-0.25, -0.2) is 9.59 Å². The Morgan fingerprint density at radius 2 is 0.788 bits per heavy atom. The molecule has 0 aliphatic carbocycles. The van der Waals surface area contributed by atoms with E-state index in [0.717, 1.165) is 61.4 Å². The van der Waals surface area contributed by atoms with Gasteiger partial charge in [0.1, 0.15) is 0 Å². The third-order valence-electron chi connectivity index (χ3n) is 11.5. The molecule has 0 spiro atoms. The van der Waals surface area contributed by atoms with Crippen LogP contribution in [-0.2, 0) is 44.9 Å². The molecule has 0 fully saturated rings. The maximum atomic E-state index is 11.4. The van der Waals surface area contributed by atoms with E-state index in [9.17, 15) is 9.59 Å². The molecule has 2 aliphatic rings. The highest BCUT2D eigenvalue weighted by Gasteiger charge is 2.31. The lowest BCUT2D eigenvalue weighted by Gasteiger charge is -2.38. The number of benzene rings is 4. The smallest absolute Gasteiger partial charge is 0.414 e. The van der Waals surface area contributed by atoms with Crippen LogP contribution in [0.25, 0.3) is 0 Å². The molecule has 0 aromatic heterocycles. The van der Waals surface area contributed by atoms with E-state index in [2.05, 4.69) is 34.1 Å². The predicted octanol–water partition coefficient (Wildman–Crippen LogP) is 4.63. The average molecular weight is 919 g/mol. The molecule has 66 heavy (non-hydrogen) atoms. The second-order valence-corrected chi connectivity index (χ2v) is 15.2. The van der Waals surface area contributed by atoms with Crippen molar-refractivity contribution >= 4 is 23.8 Å². The molecule has 0 unspecified atom stereocenters. The fourth-order valence-electron chi connectivity index (χ4n) is 8.14. The van der Waals surface area contributed by atoms with Crippen molar-refractivity contribution in [1.82, 2.24) is 9.80 Å². The van der Waals surface area contributed by atoms with Crippen molar-refractivity contribution in [2.45, 2.75) is 50.6 Å². The highest BCUT2D eigenvalue weighted by molar-refractivity contribution is 6.27. The molecule has 2 heterocycles. The third kappa shape index (κ3) is 13.6. The highest BCUT2D eigenvalue weighted by Crippen LogP contribution is 2.42. The molecule has 2 aliphatic heterocycles. The zero-order chi connectivity index (χ0) is 48.5. The number of carbonyl (C=O) groups excluding carboxylic acids is 2. The molecule has 0 saturated heterocycles. The van der Waals surface area contributed by atoms with Crippen LogP contribution in [0.4, 0.5) is 0 Å². The van der Waals surface area contributed by atoms with Crippen LogP contribution in [0.5, 0.6) is 46.0 Å². The number of hydrogen-bond acceptors (Lipinski definition) is 14. The Labute approximate surface area is 385 Å². The Balaban J connectivity index is 0.000000257. The lowest BCUT2D eigenvalue weighted by atomic mass is 9.88. The molecule has 2 amide bonds. The summed E-state index contributed by atoms with van der Waals surface area (Å²) in [4.78, 5) is 45.7. The van der Waals surface area contributed by atoms with Crippen LogP contribution in [0.3, 0.4) is 0 Å². The van der Waals surface area contributed by atoms with Crippen LogP contribution >= 0.6 is 0 Å². The first-order valence-corrected chi connectivity index (χ1v) is 21.1. The molecule has 18 nitrogen and oxygen atoms in total. The number of fused-ring (bicyclic) bond motifs is 2. The van der Waals surface area contributed by atoms with Gasteiger partial charge < -0.3 is 59.6 Å². The molecule has 0 bridgehead atoms. The molecule has 0 radical (unpaired) electrons. The first-order chi connectivity index (χ1) is 31.6. The quantitative estimate of drug-likeness (QED) is 0.0995. The number of rotatable bonds is 18. The van der Waals surface area contributed by atoms with E-state index >= 15 is 0 Å². The van der Waals surface area contributed by atoms with Gasteiger partial charge in [-0.05, 0) is 108 Å². The fraction of sp³-hybridized carbons (Fsp3) is 0.417.